The predicted octanol–water partition coefficient (Wildman–Crippen LogP) is 5.07. The molecule has 0 saturated heterocycles. The topological polar surface area (TPSA) is 52.4 Å². The molecule has 20 heavy (non-hydrogen) atoms. The number of hydrogen-bond acceptors (Lipinski definition) is 3. The molecular weight excluding hydrogens is 353 g/mol. The molecule has 7 heteroatoms. The van der Waals surface area contributed by atoms with Crippen molar-refractivity contribution >= 4 is 33.2 Å². The average molecular weight is 361 g/mol. The summed E-state index contributed by atoms with van der Waals surface area (Å²) in [7, 11) is 0. The third-order valence-corrected chi connectivity index (χ3v) is 3.43. The van der Waals surface area contributed by atoms with Gasteiger partial charge in [0.15, 0.2) is 0 Å². The maximum absolute atomic E-state index is 12.9. The quantitative estimate of drug-likeness (QED) is 0.434. The highest BCUT2D eigenvalue weighted by atomic mass is 79.9. The van der Waals surface area contributed by atoms with Crippen molar-refractivity contribution < 1.29 is 14.1 Å². The summed E-state index contributed by atoms with van der Waals surface area (Å²) in [5, 5.41) is 11.6. The first-order valence-electron chi connectivity index (χ1n) is 5.47. The van der Waals surface area contributed by atoms with Crippen molar-refractivity contribution in [1.29, 1.82) is 0 Å². The summed E-state index contributed by atoms with van der Waals surface area (Å²) in [6, 6.07) is 8.14. The van der Waals surface area contributed by atoms with Crippen molar-refractivity contribution in [3.8, 4) is 11.5 Å². The summed E-state index contributed by atoms with van der Waals surface area (Å²) in [6.07, 6.45) is 0. The largest absolute Gasteiger partial charge is 0.449 e. The molecule has 0 spiro atoms. The van der Waals surface area contributed by atoms with E-state index in [1.807, 2.05) is 0 Å². The van der Waals surface area contributed by atoms with Crippen LogP contribution in [0.4, 0.5) is 10.1 Å². The Morgan fingerprint density at radius 1 is 1.25 bits per heavy atom. The van der Waals surface area contributed by atoms with Gasteiger partial charge in [-0.1, -0.05) is 33.6 Å². The molecule has 2 aromatic carbocycles. The van der Waals surface area contributed by atoms with E-state index in [4.69, 9.17) is 16.3 Å². The van der Waals surface area contributed by atoms with Gasteiger partial charge < -0.3 is 4.74 Å². The van der Waals surface area contributed by atoms with E-state index >= 15 is 0 Å². The van der Waals surface area contributed by atoms with Crippen LogP contribution in [0.2, 0.25) is 5.02 Å². The lowest BCUT2D eigenvalue weighted by molar-refractivity contribution is -0.385. The zero-order chi connectivity index (χ0) is 14.7. The van der Waals surface area contributed by atoms with Gasteiger partial charge in [-0.15, -0.1) is 0 Å². The Hall–Kier alpha value is -1.66. The number of ether oxygens (including phenoxy) is 1. The first-order chi connectivity index (χ1) is 9.51. The average Bonchev–Trinajstić information content (AvgIpc) is 2.42. The standard InChI is InChI=1S/C13H8BrClFNO3/c14-7-8-1-3-13(11(5-8)17(18)19)20-12-4-2-9(16)6-10(12)15/h1-6H,7H2. The molecular formula is C13H8BrClFNO3. The van der Waals surface area contributed by atoms with Gasteiger partial charge >= 0.3 is 5.69 Å². The third-order valence-electron chi connectivity index (χ3n) is 2.49. The second-order valence-corrected chi connectivity index (χ2v) is 4.84. The van der Waals surface area contributed by atoms with Crippen molar-refractivity contribution in [3.63, 3.8) is 0 Å². The van der Waals surface area contributed by atoms with Gasteiger partial charge in [-0.2, -0.15) is 0 Å². The Balaban J connectivity index is 2.40. The van der Waals surface area contributed by atoms with Crippen molar-refractivity contribution in [2.24, 2.45) is 0 Å². The Morgan fingerprint density at radius 2 is 1.95 bits per heavy atom. The number of nitro benzene ring substituents is 1. The summed E-state index contributed by atoms with van der Waals surface area (Å²) < 4.78 is 18.3. The number of hydrogen-bond donors (Lipinski definition) is 0. The Labute approximate surface area is 127 Å². The fraction of sp³-hybridized carbons (Fsp3) is 0.0769. The summed E-state index contributed by atoms with van der Waals surface area (Å²) in [5.41, 5.74) is 0.566. The lowest BCUT2D eigenvalue weighted by atomic mass is 10.2. The lowest BCUT2D eigenvalue weighted by Gasteiger charge is -2.08. The highest BCUT2D eigenvalue weighted by molar-refractivity contribution is 9.08. The zero-order valence-corrected chi connectivity index (χ0v) is 12.3. The number of rotatable bonds is 4. The van der Waals surface area contributed by atoms with Crippen molar-refractivity contribution in [2.75, 3.05) is 0 Å². The molecule has 0 aliphatic carbocycles. The van der Waals surface area contributed by atoms with Crippen LogP contribution in [0.15, 0.2) is 36.4 Å². The van der Waals surface area contributed by atoms with Crippen LogP contribution in [0.1, 0.15) is 5.56 Å². The molecule has 2 aromatic rings. The van der Waals surface area contributed by atoms with Gasteiger partial charge in [0.2, 0.25) is 5.75 Å². The number of nitro groups is 1. The molecule has 0 aliphatic rings. The van der Waals surface area contributed by atoms with Crippen LogP contribution in [-0.2, 0) is 5.33 Å². The molecule has 0 bridgehead atoms. The molecule has 0 unspecified atom stereocenters. The van der Waals surface area contributed by atoms with E-state index < -0.39 is 10.7 Å². The Morgan fingerprint density at radius 3 is 2.55 bits per heavy atom. The molecule has 2 rings (SSSR count). The molecule has 0 atom stereocenters. The maximum Gasteiger partial charge on any atom is 0.311 e. The minimum absolute atomic E-state index is 0.0452. The van der Waals surface area contributed by atoms with Crippen molar-refractivity contribution in [3.05, 3.63) is 62.9 Å². The molecule has 0 aromatic heterocycles. The molecule has 4 nitrogen and oxygen atoms in total. The molecule has 0 heterocycles. The van der Waals surface area contributed by atoms with Crippen LogP contribution >= 0.6 is 27.5 Å². The maximum atomic E-state index is 12.9. The van der Waals surface area contributed by atoms with Crippen LogP contribution in [-0.4, -0.2) is 4.92 Å². The third kappa shape index (κ3) is 3.26. The van der Waals surface area contributed by atoms with E-state index in [2.05, 4.69) is 15.9 Å². The smallest absolute Gasteiger partial charge is 0.311 e. The summed E-state index contributed by atoms with van der Waals surface area (Å²) in [4.78, 5) is 10.5. The van der Waals surface area contributed by atoms with E-state index in [1.165, 1.54) is 24.3 Å². The van der Waals surface area contributed by atoms with Crippen molar-refractivity contribution in [1.82, 2.24) is 0 Å². The number of alkyl halides is 1. The van der Waals surface area contributed by atoms with Gasteiger partial charge in [-0.05, 0) is 29.8 Å². The van der Waals surface area contributed by atoms with Gasteiger partial charge in [0.05, 0.1) is 9.95 Å². The predicted molar refractivity (Wildman–Crippen MR) is 77.2 cm³/mol. The molecule has 0 saturated carbocycles. The molecule has 0 radical (unpaired) electrons. The van der Waals surface area contributed by atoms with Crippen molar-refractivity contribution in [2.45, 2.75) is 5.33 Å². The lowest BCUT2D eigenvalue weighted by Crippen LogP contribution is -1.95. The Bertz CT molecular complexity index is 666. The molecule has 0 N–H and O–H groups in total. The fourth-order valence-electron chi connectivity index (χ4n) is 1.55. The second-order valence-electron chi connectivity index (χ2n) is 3.87. The van der Waals surface area contributed by atoms with E-state index in [9.17, 15) is 14.5 Å². The molecule has 0 fully saturated rings. The van der Waals surface area contributed by atoms with Gasteiger partial charge in [0.25, 0.3) is 0 Å². The highest BCUT2D eigenvalue weighted by Gasteiger charge is 2.17. The number of benzene rings is 2. The molecule has 0 aliphatic heterocycles. The van der Waals surface area contributed by atoms with E-state index in [1.54, 1.807) is 6.07 Å². The first-order valence-corrected chi connectivity index (χ1v) is 6.97. The summed E-state index contributed by atoms with van der Waals surface area (Å²) in [6.45, 7) is 0. The van der Waals surface area contributed by atoms with Gasteiger partial charge in [-0.3, -0.25) is 10.1 Å². The van der Waals surface area contributed by atoms with E-state index in [0.717, 1.165) is 11.6 Å². The van der Waals surface area contributed by atoms with Crippen LogP contribution in [0.25, 0.3) is 0 Å². The number of nitrogens with zero attached hydrogens (tertiary/aromatic N) is 1. The normalized spacial score (nSPS) is 10.3. The van der Waals surface area contributed by atoms with E-state index in [-0.39, 0.29) is 22.2 Å². The number of halogens is 3. The SMILES string of the molecule is O=[N+]([O-])c1cc(CBr)ccc1Oc1ccc(F)cc1Cl. The van der Waals surface area contributed by atoms with E-state index in [0.29, 0.717) is 5.33 Å². The van der Waals surface area contributed by atoms with Crippen LogP contribution in [0.3, 0.4) is 0 Å². The minimum Gasteiger partial charge on any atom is -0.449 e. The Kier molecular flexibility index (Phi) is 4.57. The monoisotopic (exact) mass is 359 g/mol. The van der Waals surface area contributed by atoms with Crippen LogP contribution in [0.5, 0.6) is 11.5 Å². The summed E-state index contributed by atoms with van der Waals surface area (Å²) >= 11 is 9.05. The van der Waals surface area contributed by atoms with Gasteiger partial charge in [-0.25, -0.2) is 4.39 Å². The highest BCUT2D eigenvalue weighted by Crippen LogP contribution is 2.35. The van der Waals surface area contributed by atoms with Gasteiger partial charge in [0, 0.05) is 11.4 Å². The zero-order valence-electron chi connectivity index (χ0n) is 9.98. The molecule has 0 amide bonds. The molecule has 104 valence electrons. The second kappa shape index (κ2) is 6.19. The minimum atomic E-state index is -0.543. The summed E-state index contributed by atoms with van der Waals surface area (Å²) in [5.74, 6) is -0.303. The fourth-order valence-corrected chi connectivity index (χ4v) is 2.11. The van der Waals surface area contributed by atoms with Crippen LogP contribution < -0.4 is 4.74 Å². The van der Waals surface area contributed by atoms with Crippen LogP contribution in [0, 0.1) is 15.9 Å². The first kappa shape index (κ1) is 14.7. The van der Waals surface area contributed by atoms with Gasteiger partial charge in [0.1, 0.15) is 11.6 Å².